The Balaban J connectivity index is 2.77. The molecule has 2 rings (SSSR count). The Kier molecular flexibility index (Phi) is 1.81. The normalized spacial score (nSPS) is 13.5. The fourth-order valence-electron chi connectivity index (χ4n) is 1.56. The maximum absolute atomic E-state index is 5.85. The molecule has 0 amide bonds. The molecule has 3 nitrogen and oxygen atoms in total. The molecular weight excluding hydrogens is 162 g/mol. The molecule has 3 heteroatoms. The van der Waals surface area contributed by atoms with E-state index in [4.69, 9.17) is 5.73 Å². The van der Waals surface area contributed by atoms with Crippen LogP contribution in [0.15, 0.2) is 24.5 Å². The number of aromatic nitrogens is 2. The van der Waals surface area contributed by atoms with Gasteiger partial charge < -0.3 is 10.1 Å². The van der Waals surface area contributed by atoms with Crippen molar-refractivity contribution in [1.82, 2.24) is 9.38 Å². The molecule has 0 bridgehead atoms. The van der Waals surface area contributed by atoms with Crippen LogP contribution in [-0.4, -0.2) is 9.38 Å². The van der Waals surface area contributed by atoms with Gasteiger partial charge in [-0.25, -0.2) is 4.98 Å². The van der Waals surface area contributed by atoms with E-state index in [1.54, 1.807) is 0 Å². The SMILES string of the molecule is Cc1ncc2c(C(C)N)cccn12. The molecule has 0 aliphatic carbocycles. The topological polar surface area (TPSA) is 43.3 Å². The summed E-state index contributed by atoms with van der Waals surface area (Å²) in [6.07, 6.45) is 3.87. The smallest absolute Gasteiger partial charge is 0.110 e. The van der Waals surface area contributed by atoms with Gasteiger partial charge in [-0.15, -0.1) is 0 Å². The standard InChI is InChI=1S/C10H13N3/c1-7(11)9-4-3-5-13-8(2)12-6-10(9)13/h3-7H,11H2,1-2H3. The van der Waals surface area contributed by atoms with E-state index in [0.29, 0.717) is 0 Å². The van der Waals surface area contributed by atoms with Crippen LogP contribution in [0.1, 0.15) is 24.4 Å². The highest BCUT2D eigenvalue weighted by Gasteiger charge is 2.06. The molecule has 68 valence electrons. The third-order valence-corrected chi connectivity index (χ3v) is 2.28. The monoisotopic (exact) mass is 175 g/mol. The van der Waals surface area contributed by atoms with Gasteiger partial charge in [0.05, 0.1) is 11.7 Å². The zero-order valence-corrected chi connectivity index (χ0v) is 7.86. The summed E-state index contributed by atoms with van der Waals surface area (Å²) in [6.45, 7) is 3.97. The van der Waals surface area contributed by atoms with Crippen molar-refractivity contribution in [3.8, 4) is 0 Å². The van der Waals surface area contributed by atoms with Gasteiger partial charge in [0.15, 0.2) is 0 Å². The van der Waals surface area contributed by atoms with Gasteiger partial charge in [-0.2, -0.15) is 0 Å². The van der Waals surface area contributed by atoms with E-state index in [-0.39, 0.29) is 6.04 Å². The molecule has 2 aromatic rings. The Hall–Kier alpha value is -1.35. The molecule has 0 aliphatic rings. The highest BCUT2D eigenvalue weighted by Crippen LogP contribution is 2.17. The Morgan fingerprint density at radius 2 is 2.31 bits per heavy atom. The van der Waals surface area contributed by atoms with Crippen molar-refractivity contribution in [2.45, 2.75) is 19.9 Å². The molecule has 1 unspecified atom stereocenters. The van der Waals surface area contributed by atoms with E-state index in [0.717, 1.165) is 16.9 Å². The molecule has 1 atom stereocenters. The zero-order valence-electron chi connectivity index (χ0n) is 7.86. The summed E-state index contributed by atoms with van der Waals surface area (Å²) in [5.41, 5.74) is 8.10. The average molecular weight is 175 g/mol. The number of rotatable bonds is 1. The highest BCUT2D eigenvalue weighted by atomic mass is 15.0. The molecule has 0 saturated carbocycles. The summed E-state index contributed by atoms with van der Waals surface area (Å²) in [5, 5.41) is 0. The van der Waals surface area contributed by atoms with Crippen molar-refractivity contribution in [1.29, 1.82) is 0 Å². The molecule has 0 radical (unpaired) electrons. The summed E-state index contributed by atoms with van der Waals surface area (Å²) >= 11 is 0. The van der Waals surface area contributed by atoms with Crippen LogP contribution in [-0.2, 0) is 0 Å². The average Bonchev–Trinajstić information content (AvgIpc) is 2.48. The van der Waals surface area contributed by atoms with Crippen LogP contribution in [0.25, 0.3) is 5.52 Å². The number of hydrogen-bond donors (Lipinski definition) is 1. The maximum atomic E-state index is 5.85. The van der Waals surface area contributed by atoms with Gasteiger partial charge in [-0.05, 0) is 25.5 Å². The molecule has 0 saturated heterocycles. The molecule has 2 aromatic heterocycles. The van der Waals surface area contributed by atoms with Crippen LogP contribution in [0.3, 0.4) is 0 Å². The number of fused-ring (bicyclic) bond motifs is 1. The fraction of sp³-hybridized carbons (Fsp3) is 0.300. The van der Waals surface area contributed by atoms with E-state index in [2.05, 4.69) is 9.38 Å². The van der Waals surface area contributed by atoms with Gasteiger partial charge >= 0.3 is 0 Å². The number of aryl methyl sites for hydroxylation is 1. The first-order valence-electron chi connectivity index (χ1n) is 4.38. The first-order chi connectivity index (χ1) is 6.20. The number of nitrogens with two attached hydrogens (primary N) is 1. The van der Waals surface area contributed by atoms with Crippen LogP contribution in [0.5, 0.6) is 0 Å². The largest absolute Gasteiger partial charge is 0.324 e. The quantitative estimate of drug-likeness (QED) is 0.716. The first kappa shape index (κ1) is 8.26. The van der Waals surface area contributed by atoms with Crippen molar-refractivity contribution in [3.63, 3.8) is 0 Å². The van der Waals surface area contributed by atoms with Crippen molar-refractivity contribution in [2.24, 2.45) is 5.73 Å². The summed E-state index contributed by atoms with van der Waals surface area (Å²) in [4.78, 5) is 4.25. The van der Waals surface area contributed by atoms with Gasteiger partial charge in [-0.3, -0.25) is 0 Å². The molecule has 0 spiro atoms. The minimum absolute atomic E-state index is 0.0554. The lowest BCUT2D eigenvalue weighted by Crippen LogP contribution is -2.06. The van der Waals surface area contributed by atoms with Crippen molar-refractivity contribution < 1.29 is 0 Å². The number of imidazole rings is 1. The summed E-state index contributed by atoms with van der Waals surface area (Å²) in [7, 11) is 0. The van der Waals surface area contributed by atoms with Crippen molar-refractivity contribution in [3.05, 3.63) is 35.9 Å². The predicted octanol–water partition coefficient (Wildman–Crippen LogP) is 1.66. The number of pyridine rings is 1. The highest BCUT2D eigenvalue weighted by molar-refractivity contribution is 5.55. The minimum atomic E-state index is 0.0554. The van der Waals surface area contributed by atoms with Gasteiger partial charge in [0, 0.05) is 12.2 Å². The van der Waals surface area contributed by atoms with E-state index in [1.165, 1.54) is 0 Å². The molecular formula is C10H13N3. The van der Waals surface area contributed by atoms with Crippen molar-refractivity contribution in [2.75, 3.05) is 0 Å². The lowest BCUT2D eigenvalue weighted by molar-refractivity contribution is 0.818. The van der Waals surface area contributed by atoms with Crippen LogP contribution < -0.4 is 5.73 Å². The molecule has 2 N–H and O–H groups in total. The molecule has 0 aliphatic heterocycles. The van der Waals surface area contributed by atoms with Crippen LogP contribution in [0.2, 0.25) is 0 Å². The Morgan fingerprint density at radius 1 is 1.54 bits per heavy atom. The van der Waals surface area contributed by atoms with Gasteiger partial charge in [0.1, 0.15) is 5.82 Å². The van der Waals surface area contributed by atoms with E-state index < -0.39 is 0 Å². The zero-order chi connectivity index (χ0) is 9.42. The molecule has 13 heavy (non-hydrogen) atoms. The van der Waals surface area contributed by atoms with Gasteiger partial charge in [0.25, 0.3) is 0 Å². The number of nitrogens with zero attached hydrogens (tertiary/aromatic N) is 2. The Morgan fingerprint density at radius 3 is 3.00 bits per heavy atom. The van der Waals surface area contributed by atoms with Crippen LogP contribution in [0.4, 0.5) is 0 Å². The minimum Gasteiger partial charge on any atom is -0.324 e. The van der Waals surface area contributed by atoms with Gasteiger partial charge in [0.2, 0.25) is 0 Å². The lowest BCUT2D eigenvalue weighted by atomic mass is 10.1. The summed E-state index contributed by atoms with van der Waals surface area (Å²) in [5.74, 6) is 0.998. The molecule has 0 fully saturated rings. The fourth-order valence-corrected chi connectivity index (χ4v) is 1.56. The van der Waals surface area contributed by atoms with Crippen molar-refractivity contribution >= 4 is 5.52 Å². The Bertz CT molecular complexity index is 429. The summed E-state index contributed by atoms with van der Waals surface area (Å²) < 4.78 is 2.05. The van der Waals surface area contributed by atoms with E-state index >= 15 is 0 Å². The maximum Gasteiger partial charge on any atom is 0.110 e. The van der Waals surface area contributed by atoms with Crippen LogP contribution >= 0.6 is 0 Å². The first-order valence-corrected chi connectivity index (χ1v) is 4.38. The predicted molar refractivity (Wildman–Crippen MR) is 52.5 cm³/mol. The van der Waals surface area contributed by atoms with Gasteiger partial charge in [-0.1, -0.05) is 6.07 Å². The summed E-state index contributed by atoms with van der Waals surface area (Å²) in [6, 6.07) is 4.10. The Labute approximate surface area is 77.2 Å². The third-order valence-electron chi connectivity index (χ3n) is 2.28. The van der Waals surface area contributed by atoms with Crippen LogP contribution in [0, 0.1) is 6.92 Å². The van der Waals surface area contributed by atoms with E-state index in [1.807, 2.05) is 38.4 Å². The second-order valence-corrected chi connectivity index (χ2v) is 3.31. The second kappa shape index (κ2) is 2.85. The number of hydrogen-bond acceptors (Lipinski definition) is 2. The third kappa shape index (κ3) is 1.21. The molecule has 0 aromatic carbocycles. The molecule has 2 heterocycles. The van der Waals surface area contributed by atoms with E-state index in [9.17, 15) is 0 Å². The lowest BCUT2D eigenvalue weighted by Gasteiger charge is -2.07. The second-order valence-electron chi connectivity index (χ2n) is 3.31.